The normalized spacial score (nSPS) is 10.5. The van der Waals surface area contributed by atoms with Gasteiger partial charge in [0.15, 0.2) is 7.28 Å². The molecular weight excluding hydrogens is 213 g/mol. The summed E-state index contributed by atoms with van der Waals surface area (Å²) in [6, 6.07) is 8.12. The van der Waals surface area contributed by atoms with Gasteiger partial charge in [-0.15, -0.1) is 0 Å². The summed E-state index contributed by atoms with van der Waals surface area (Å²) in [6.45, 7) is 3.09. The molecule has 0 saturated heterocycles. The molecule has 0 aliphatic heterocycles. The predicted octanol–water partition coefficient (Wildman–Crippen LogP) is 1.64. The standard InChI is InChI=1S/C13H15BNO2/c1-14-12-9-15-13(17-8-7-16-2)11-6-4-3-5-10(11)12/h3-6,9H,7-8H2,1-2H3. The predicted molar refractivity (Wildman–Crippen MR) is 70.4 cm³/mol. The minimum absolute atomic E-state index is 0.517. The molecule has 2 rings (SSSR count). The molecule has 0 bridgehead atoms. The highest BCUT2D eigenvalue weighted by Gasteiger charge is 2.06. The van der Waals surface area contributed by atoms with Gasteiger partial charge >= 0.3 is 0 Å². The molecule has 0 atom stereocenters. The van der Waals surface area contributed by atoms with E-state index < -0.39 is 0 Å². The molecule has 0 saturated carbocycles. The quantitative estimate of drug-likeness (QED) is 0.575. The summed E-state index contributed by atoms with van der Waals surface area (Å²) < 4.78 is 10.6. The van der Waals surface area contributed by atoms with E-state index in [0.717, 1.165) is 16.2 Å². The Morgan fingerprint density at radius 1 is 1.18 bits per heavy atom. The molecule has 0 aliphatic rings. The molecule has 17 heavy (non-hydrogen) atoms. The Morgan fingerprint density at radius 3 is 2.65 bits per heavy atom. The lowest BCUT2D eigenvalue weighted by molar-refractivity contribution is 0.144. The topological polar surface area (TPSA) is 31.4 Å². The number of hydrogen-bond donors (Lipinski definition) is 0. The summed E-state index contributed by atoms with van der Waals surface area (Å²) in [5, 5.41) is 2.21. The van der Waals surface area contributed by atoms with Gasteiger partial charge in [-0.25, -0.2) is 4.98 Å². The fourth-order valence-electron chi connectivity index (χ4n) is 1.76. The van der Waals surface area contributed by atoms with Crippen molar-refractivity contribution >= 4 is 23.5 Å². The van der Waals surface area contributed by atoms with Crippen molar-refractivity contribution in [1.82, 2.24) is 4.98 Å². The molecule has 0 N–H and O–H groups in total. The van der Waals surface area contributed by atoms with Gasteiger partial charge in [0.2, 0.25) is 5.88 Å². The summed E-state index contributed by atoms with van der Waals surface area (Å²) in [4.78, 5) is 4.34. The second-order valence-corrected chi connectivity index (χ2v) is 3.69. The molecule has 87 valence electrons. The van der Waals surface area contributed by atoms with Crippen LogP contribution in [0.15, 0.2) is 30.5 Å². The third kappa shape index (κ3) is 2.58. The van der Waals surface area contributed by atoms with Gasteiger partial charge in [0.25, 0.3) is 0 Å². The van der Waals surface area contributed by atoms with Crippen LogP contribution in [0, 0.1) is 0 Å². The van der Waals surface area contributed by atoms with Gasteiger partial charge < -0.3 is 9.47 Å². The van der Waals surface area contributed by atoms with Gasteiger partial charge in [-0.05, 0) is 11.5 Å². The highest BCUT2D eigenvalue weighted by atomic mass is 16.5. The fraction of sp³-hybridized carbons (Fsp3) is 0.308. The van der Waals surface area contributed by atoms with Gasteiger partial charge in [-0.3, -0.25) is 0 Å². The smallest absolute Gasteiger partial charge is 0.221 e. The van der Waals surface area contributed by atoms with Gasteiger partial charge in [0.05, 0.1) is 6.61 Å². The van der Waals surface area contributed by atoms with E-state index in [0.29, 0.717) is 19.1 Å². The highest BCUT2D eigenvalue weighted by Crippen LogP contribution is 2.21. The van der Waals surface area contributed by atoms with Crippen molar-refractivity contribution in [2.45, 2.75) is 6.82 Å². The third-order valence-corrected chi connectivity index (χ3v) is 2.63. The number of nitrogens with zero attached hydrogens (tertiary/aromatic N) is 1. The van der Waals surface area contributed by atoms with Crippen LogP contribution >= 0.6 is 0 Å². The van der Waals surface area contributed by atoms with Crippen molar-refractivity contribution in [3.05, 3.63) is 30.5 Å². The number of methoxy groups -OCH3 is 1. The van der Waals surface area contributed by atoms with E-state index in [1.165, 1.54) is 0 Å². The van der Waals surface area contributed by atoms with Crippen LogP contribution in [0.2, 0.25) is 6.82 Å². The van der Waals surface area contributed by atoms with Crippen LogP contribution in [0.1, 0.15) is 0 Å². The Kier molecular flexibility index (Phi) is 3.99. The Morgan fingerprint density at radius 2 is 1.94 bits per heavy atom. The van der Waals surface area contributed by atoms with E-state index >= 15 is 0 Å². The lowest BCUT2D eigenvalue weighted by Crippen LogP contribution is -2.14. The Balaban J connectivity index is 2.37. The molecule has 0 spiro atoms. The maximum Gasteiger partial charge on any atom is 0.221 e. The Bertz CT molecular complexity index is 502. The van der Waals surface area contributed by atoms with E-state index in [2.05, 4.69) is 11.1 Å². The first-order chi connectivity index (χ1) is 8.36. The maximum absolute atomic E-state index is 5.61. The first kappa shape index (κ1) is 11.9. The zero-order valence-electron chi connectivity index (χ0n) is 10.1. The van der Waals surface area contributed by atoms with Crippen molar-refractivity contribution in [2.24, 2.45) is 0 Å². The zero-order valence-corrected chi connectivity index (χ0v) is 10.1. The third-order valence-electron chi connectivity index (χ3n) is 2.63. The average Bonchev–Trinajstić information content (AvgIpc) is 2.39. The summed E-state index contributed by atoms with van der Waals surface area (Å²) >= 11 is 0. The van der Waals surface area contributed by atoms with Crippen LogP contribution in [0.25, 0.3) is 10.8 Å². The molecule has 2 aromatic rings. The van der Waals surface area contributed by atoms with E-state index in [1.807, 2.05) is 38.5 Å². The van der Waals surface area contributed by atoms with Crippen molar-refractivity contribution in [1.29, 1.82) is 0 Å². The molecule has 0 unspecified atom stereocenters. The van der Waals surface area contributed by atoms with Gasteiger partial charge in [0, 0.05) is 18.7 Å². The number of fused-ring (bicyclic) bond motifs is 1. The first-order valence-electron chi connectivity index (χ1n) is 5.65. The van der Waals surface area contributed by atoms with Crippen molar-refractivity contribution in [3.63, 3.8) is 0 Å². The van der Waals surface area contributed by atoms with Crippen molar-refractivity contribution < 1.29 is 9.47 Å². The monoisotopic (exact) mass is 228 g/mol. The second-order valence-electron chi connectivity index (χ2n) is 3.69. The summed E-state index contributed by atoms with van der Waals surface area (Å²) in [6.07, 6.45) is 1.84. The van der Waals surface area contributed by atoms with Crippen molar-refractivity contribution in [3.8, 4) is 5.88 Å². The Hall–Kier alpha value is -1.55. The SMILES string of the molecule is C[B]c1cnc(OCCOC)c2ccccc12. The molecule has 0 fully saturated rings. The minimum Gasteiger partial charge on any atom is -0.475 e. The van der Waals surface area contributed by atoms with Crippen LogP contribution in [-0.4, -0.2) is 32.6 Å². The van der Waals surface area contributed by atoms with Crippen LogP contribution in [0.5, 0.6) is 5.88 Å². The number of ether oxygens (including phenoxy) is 2. The summed E-state index contributed by atoms with van der Waals surface area (Å²) in [5.41, 5.74) is 1.12. The van der Waals surface area contributed by atoms with Gasteiger partial charge in [0.1, 0.15) is 6.61 Å². The Labute approximate surface area is 102 Å². The molecule has 1 aromatic heterocycles. The van der Waals surface area contributed by atoms with Crippen LogP contribution in [0.3, 0.4) is 0 Å². The number of benzene rings is 1. The van der Waals surface area contributed by atoms with E-state index in [-0.39, 0.29) is 0 Å². The lowest BCUT2D eigenvalue weighted by atomic mass is 9.72. The average molecular weight is 228 g/mol. The molecule has 3 nitrogen and oxygen atoms in total. The van der Waals surface area contributed by atoms with Crippen molar-refractivity contribution in [2.75, 3.05) is 20.3 Å². The molecule has 1 aromatic carbocycles. The molecular formula is C13H15BNO2. The minimum atomic E-state index is 0.517. The number of aromatic nitrogens is 1. The molecule has 0 amide bonds. The van der Waals surface area contributed by atoms with Crippen LogP contribution in [0.4, 0.5) is 0 Å². The van der Waals surface area contributed by atoms with Gasteiger partial charge in [-0.2, -0.15) is 0 Å². The molecule has 1 radical (unpaired) electrons. The van der Waals surface area contributed by atoms with E-state index in [9.17, 15) is 0 Å². The fourth-order valence-corrected chi connectivity index (χ4v) is 1.76. The molecule has 1 heterocycles. The number of hydrogen-bond acceptors (Lipinski definition) is 3. The lowest BCUT2D eigenvalue weighted by Gasteiger charge is -2.10. The van der Waals surface area contributed by atoms with Crippen LogP contribution < -0.4 is 10.2 Å². The molecule has 0 aliphatic carbocycles. The zero-order chi connectivity index (χ0) is 12.1. The first-order valence-corrected chi connectivity index (χ1v) is 5.65. The van der Waals surface area contributed by atoms with Crippen LogP contribution in [-0.2, 0) is 4.74 Å². The van der Waals surface area contributed by atoms with E-state index in [1.54, 1.807) is 7.11 Å². The summed E-state index contributed by atoms with van der Waals surface area (Å²) in [5.74, 6) is 0.670. The van der Waals surface area contributed by atoms with E-state index in [4.69, 9.17) is 9.47 Å². The molecule has 4 heteroatoms. The highest BCUT2D eigenvalue weighted by molar-refractivity contribution is 6.55. The summed E-state index contributed by atoms with van der Waals surface area (Å²) in [7, 11) is 3.71. The number of rotatable bonds is 5. The number of pyridine rings is 1. The maximum atomic E-state index is 5.61. The second kappa shape index (κ2) is 5.68. The largest absolute Gasteiger partial charge is 0.475 e. The van der Waals surface area contributed by atoms with Gasteiger partial charge in [-0.1, -0.05) is 30.5 Å².